The van der Waals surface area contributed by atoms with Gasteiger partial charge in [-0.25, -0.2) is 9.13 Å². The second kappa shape index (κ2) is 24.2. The van der Waals surface area contributed by atoms with Crippen molar-refractivity contribution in [3.05, 3.63) is 121 Å². The molecule has 0 aliphatic rings. The molecule has 2 heterocycles. The van der Waals surface area contributed by atoms with Gasteiger partial charge in [-0.3, -0.25) is 0 Å². The molecular formula is C58H76N2+2. The Morgan fingerprint density at radius 2 is 0.683 bits per heavy atom. The van der Waals surface area contributed by atoms with Gasteiger partial charge in [0.2, 0.25) is 0 Å². The predicted molar refractivity (Wildman–Crippen MR) is 260 cm³/mol. The van der Waals surface area contributed by atoms with Gasteiger partial charge >= 0.3 is 0 Å². The SMILES string of the molecule is CCCCCCCCCCCCCCCCCCCCCC[n+]1ccc(-c2cc[n+](CCCCCCc3ccc4c5cccc6cccc(c7cccc3c74)c65)cc2)cc1. The molecule has 2 aromatic heterocycles. The molecule has 0 saturated carbocycles. The highest BCUT2D eigenvalue weighted by atomic mass is 14.9. The number of unbranched alkanes of at least 4 members (excludes halogenated alkanes) is 22. The van der Waals surface area contributed by atoms with Crippen LogP contribution in [-0.2, 0) is 19.5 Å². The maximum atomic E-state index is 2.40. The van der Waals surface area contributed by atoms with E-state index in [9.17, 15) is 0 Å². The van der Waals surface area contributed by atoms with Gasteiger partial charge in [0.15, 0.2) is 24.8 Å². The van der Waals surface area contributed by atoms with Crippen LogP contribution in [0.5, 0.6) is 0 Å². The van der Waals surface area contributed by atoms with E-state index in [1.165, 1.54) is 214 Å². The van der Waals surface area contributed by atoms with E-state index in [-0.39, 0.29) is 0 Å². The van der Waals surface area contributed by atoms with Crippen LogP contribution in [0.2, 0.25) is 0 Å². The molecule has 7 rings (SSSR count). The first kappa shape index (κ1) is 43.8. The molecular weight excluding hydrogens is 725 g/mol. The Labute approximate surface area is 363 Å². The van der Waals surface area contributed by atoms with Gasteiger partial charge in [-0.1, -0.05) is 196 Å². The Hall–Kier alpha value is -4.30. The molecule has 7 aromatic rings. The molecule has 0 radical (unpaired) electrons. The maximum Gasteiger partial charge on any atom is 0.169 e. The molecule has 60 heavy (non-hydrogen) atoms. The van der Waals surface area contributed by atoms with Gasteiger partial charge in [0.25, 0.3) is 0 Å². The fourth-order valence-corrected chi connectivity index (χ4v) is 10.0. The number of pyridine rings is 2. The van der Waals surface area contributed by atoms with Gasteiger partial charge in [-0.15, -0.1) is 0 Å². The summed E-state index contributed by atoms with van der Waals surface area (Å²) in [6.45, 7) is 4.52. The van der Waals surface area contributed by atoms with Crippen LogP contribution in [0.3, 0.4) is 0 Å². The van der Waals surface area contributed by atoms with Gasteiger partial charge in [0.1, 0.15) is 13.1 Å². The molecule has 0 N–H and O–H groups in total. The number of nitrogens with zero attached hydrogens (tertiary/aromatic N) is 2. The first-order valence-electron chi connectivity index (χ1n) is 24.9. The minimum Gasteiger partial charge on any atom is -0.205 e. The molecule has 0 aliphatic carbocycles. The van der Waals surface area contributed by atoms with Crippen LogP contribution in [0.1, 0.15) is 167 Å². The number of aryl methyl sites for hydroxylation is 3. The lowest BCUT2D eigenvalue weighted by molar-refractivity contribution is -0.697. The van der Waals surface area contributed by atoms with Crippen molar-refractivity contribution in [2.75, 3.05) is 0 Å². The van der Waals surface area contributed by atoms with Crippen molar-refractivity contribution in [1.82, 2.24) is 0 Å². The van der Waals surface area contributed by atoms with Crippen molar-refractivity contribution in [3.63, 3.8) is 0 Å². The van der Waals surface area contributed by atoms with Crippen LogP contribution in [0.15, 0.2) is 116 Å². The average Bonchev–Trinajstić information content (AvgIpc) is 3.29. The Bertz CT molecular complexity index is 2220. The van der Waals surface area contributed by atoms with Crippen molar-refractivity contribution in [2.45, 2.75) is 181 Å². The summed E-state index contributed by atoms with van der Waals surface area (Å²) in [5, 5.41) is 11.2. The van der Waals surface area contributed by atoms with Gasteiger partial charge in [0, 0.05) is 37.1 Å². The third kappa shape index (κ3) is 12.4. The van der Waals surface area contributed by atoms with E-state index in [4.69, 9.17) is 0 Å². The molecule has 5 aromatic carbocycles. The fraction of sp³-hybridized carbons (Fsp3) is 0.483. The zero-order valence-electron chi connectivity index (χ0n) is 37.5. The van der Waals surface area contributed by atoms with Crippen LogP contribution < -0.4 is 9.13 Å². The second-order valence-corrected chi connectivity index (χ2v) is 18.2. The van der Waals surface area contributed by atoms with Crippen LogP contribution in [-0.4, -0.2) is 0 Å². The van der Waals surface area contributed by atoms with Crippen molar-refractivity contribution >= 4 is 43.1 Å². The molecule has 0 bridgehead atoms. The minimum atomic E-state index is 1.08. The Kier molecular flexibility index (Phi) is 17.7. The van der Waals surface area contributed by atoms with Crippen molar-refractivity contribution in [1.29, 1.82) is 0 Å². The lowest BCUT2D eigenvalue weighted by atomic mass is 9.87. The largest absolute Gasteiger partial charge is 0.205 e. The monoisotopic (exact) mass is 801 g/mol. The third-order valence-electron chi connectivity index (χ3n) is 13.6. The Balaban J connectivity index is 0.719. The number of rotatable bonds is 29. The molecule has 0 amide bonds. The summed E-state index contributed by atoms with van der Waals surface area (Å²) >= 11 is 0. The molecule has 0 aliphatic heterocycles. The summed E-state index contributed by atoms with van der Waals surface area (Å²) in [5.41, 5.74) is 4.11. The molecule has 0 atom stereocenters. The summed E-state index contributed by atoms with van der Waals surface area (Å²) in [6, 6.07) is 34.4. The molecule has 0 spiro atoms. The van der Waals surface area contributed by atoms with E-state index < -0.39 is 0 Å². The topological polar surface area (TPSA) is 7.76 Å². The molecule has 0 unspecified atom stereocenters. The van der Waals surface area contributed by atoms with Gasteiger partial charge in [-0.2, -0.15) is 0 Å². The molecule has 0 fully saturated rings. The van der Waals surface area contributed by atoms with Gasteiger partial charge in [0.05, 0.1) is 0 Å². The summed E-state index contributed by atoms with van der Waals surface area (Å²) < 4.78 is 4.73. The van der Waals surface area contributed by atoms with Crippen LogP contribution in [0.25, 0.3) is 54.2 Å². The highest BCUT2D eigenvalue weighted by Gasteiger charge is 2.14. The summed E-state index contributed by atoms with van der Waals surface area (Å²) in [5.74, 6) is 0. The first-order valence-corrected chi connectivity index (χ1v) is 24.9. The molecule has 2 heteroatoms. The average molecular weight is 801 g/mol. The van der Waals surface area contributed by atoms with E-state index in [2.05, 4.69) is 132 Å². The Morgan fingerprint density at radius 1 is 0.317 bits per heavy atom. The van der Waals surface area contributed by atoms with Crippen molar-refractivity contribution in [2.24, 2.45) is 0 Å². The summed E-state index contributed by atoms with van der Waals surface area (Å²) in [6.07, 6.45) is 43.9. The van der Waals surface area contributed by atoms with E-state index >= 15 is 0 Å². The molecule has 316 valence electrons. The lowest BCUT2D eigenvalue weighted by Gasteiger charge is -2.16. The van der Waals surface area contributed by atoms with Crippen LogP contribution >= 0.6 is 0 Å². The number of hydrogen-bond donors (Lipinski definition) is 0. The van der Waals surface area contributed by atoms with E-state index in [1.54, 1.807) is 0 Å². The normalized spacial score (nSPS) is 11.9. The lowest BCUT2D eigenvalue weighted by Crippen LogP contribution is -2.33. The fourth-order valence-electron chi connectivity index (χ4n) is 10.0. The van der Waals surface area contributed by atoms with Crippen LogP contribution in [0.4, 0.5) is 0 Å². The first-order chi connectivity index (χ1) is 29.8. The standard InChI is InChI=1S/C58H76N2/c1-2-3-4-5-6-7-8-9-10-11-12-13-14-15-16-17-18-19-21-24-42-59-44-38-48(39-45-59)49-40-46-60(47-41-49)43-25-22-20-23-29-50-36-37-56-54-34-27-31-51-30-26-33-53(57(51)54)55-35-28-32-52(50)58(55)56/h26-28,30-41,44-47H,2-25,29,42-43H2,1H3/q+2. The van der Waals surface area contributed by atoms with E-state index in [1.807, 2.05) is 0 Å². The summed E-state index contributed by atoms with van der Waals surface area (Å²) in [7, 11) is 0. The second-order valence-electron chi connectivity index (χ2n) is 18.2. The quantitative estimate of drug-likeness (QED) is 0.0193. The highest BCUT2D eigenvalue weighted by molar-refractivity contribution is 6.33. The minimum absolute atomic E-state index is 1.08. The predicted octanol–water partition coefficient (Wildman–Crippen LogP) is 16.6. The van der Waals surface area contributed by atoms with Crippen LogP contribution in [0, 0.1) is 0 Å². The van der Waals surface area contributed by atoms with E-state index in [0.29, 0.717) is 0 Å². The third-order valence-corrected chi connectivity index (χ3v) is 13.6. The molecule has 0 saturated heterocycles. The van der Waals surface area contributed by atoms with Crippen molar-refractivity contribution in [3.8, 4) is 11.1 Å². The van der Waals surface area contributed by atoms with E-state index in [0.717, 1.165) is 19.5 Å². The zero-order chi connectivity index (χ0) is 41.0. The number of benzene rings is 5. The molecule has 2 nitrogen and oxygen atoms in total. The van der Waals surface area contributed by atoms with Gasteiger partial charge < -0.3 is 0 Å². The zero-order valence-corrected chi connectivity index (χ0v) is 37.5. The smallest absolute Gasteiger partial charge is 0.169 e. The Morgan fingerprint density at radius 3 is 1.15 bits per heavy atom. The number of fused-ring (bicyclic) bond motifs is 2. The summed E-state index contributed by atoms with van der Waals surface area (Å²) in [4.78, 5) is 0. The van der Waals surface area contributed by atoms with Crippen molar-refractivity contribution < 1.29 is 9.13 Å². The highest BCUT2D eigenvalue weighted by Crippen LogP contribution is 2.41. The van der Waals surface area contributed by atoms with Gasteiger partial charge in [-0.05, 0) is 85.5 Å². The number of hydrogen-bond acceptors (Lipinski definition) is 0. The number of aromatic nitrogens is 2. The maximum absolute atomic E-state index is 2.40.